The summed E-state index contributed by atoms with van der Waals surface area (Å²) in [5.41, 5.74) is 0.758. The van der Waals surface area contributed by atoms with Crippen LogP contribution in [0.25, 0.3) is 0 Å². The van der Waals surface area contributed by atoms with Gasteiger partial charge in [-0.15, -0.1) is 5.10 Å². The quantitative estimate of drug-likeness (QED) is 0.357. The van der Waals surface area contributed by atoms with Crippen molar-refractivity contribution in [2.45, 2.75) is 6.92 Å². The Morgan fingerprint density at radius 2 is 2.12 bits per heavy atom. The van der Waals surface area contributed by atoms with Crippen LogP contribution in [0.2, 0.25) is 0 Å². The Morgan fingerprint density at radius 1 is 1.32 bits per heavy atom. The third kappa shape index (κ3) is 5.08. The average Bonchev–Trinajstić information content (AvgIpc) is 2.95. The van der Waals surface area contributed by atoms with Gasteiger partial charge in [0.1, 0.15) is 0 Å². The fraction of sp³-hybridized carbons (Fsp3) is 0.250. The van der Waals surface area contributed by atoms with Crippen LogP contribution >= 0.6 is 11.8 Å². The minimum absolute atomic E-state index is 0.198. The maximum Gasteiger partial charge on any atom is 0.331 e. The number of hydrogen-bond acceptors (Lipinski definition) is 8. The van der Waals surface area contributed by atoms with Gasteiger partial charge in [0.2, 0.25) is 0 Å². The number of esters is 1. The zero-order valence-corrected chi connectivity index (χ0v) is 14.8. The minimum atomic E-state index is -0.607. The summed E-state index contributed by atoms with van der Waals surface area (Å²) in [6.07, 6.45) is 2.62. The van der Waals surface area contributed by atoms with Gasteiger partial charge in [0.05, 0.1) is 31.9 Å². The van der Waals surface area contributed by atoms with Crippen molar-refractivity contribution in [2.24, 2.45) is 10.2 Å². The van der Waals surface area contributed by atoms with Gasteiger partial charge >= 0.3 is 5.97 Å². The summed E-state index contributed by atoms with van der Waals surface area (Å²) >= 11 is 1.01. The van der Waals surface area contributed by atoms with E-state index in [4.69, 9.17) is 9.47 Å². The monoisotopic (exact) mass is 363 g/mol. The Hall–Kier alpha value is -2.81. The zero-order valence-electron chi connectivity index (χ0n) is 13.9. The number of amides is 1. The van der Waals surface area contributed by atoms with Crippen LogP contribution in [0.15, 0.2) is 39.4 Å². The molecule has 1 aliphatic heterocycles. The first-order valence-electron chi connectivity index (χ1n) is 7.28. The lowest BCUT2D eigenvalue weighted by Crippen LogP contribution is -2.19. The van der Waals surface area contributed by atoms with E-state index in [0.29, 0.717) is 18.1 Å². The lowest BCUT2D eigenvalue weighted by Gasteiger charge is -2.09. The highest BCUT2D eigenvalue weighted by molar-refractivity contribution is 8.18. The lowest BCUT2D eigenvalue weighted by atomic mass is 10.2. The molecule has 1 aromatic rings. The first-order chi connectivity index (χ1) is 12.1. The van der Waals surface area contributed by atoms with Crippen molar-refractivity contribution in [1.29, 1.82) is 0 Å². The molecule has 0 aliphatic carbocycles. The van der Waals surface area contributed by atoms with Crippen LogP contribution in [-0.2, 0) is 14.3 Å². The van der Waals surface area contributed by atoms with Gasteiger partial charge in [-0.1, -0.05) is 0 Å². The van der Waals surface area contributed by atoms with E-state index >= 15 is 0 Å². The number of nitrogens with zero attached hydrogens (tertiary/aromatic N) is 2. The molecule has 0 bridgehead atoms. The minimum Gasteiger partial charge on any atom is -0.493 e. The van der Waals surface area contributed by atoms with Gasteiger partial charge in [-0.3, -0.25) is 10.1 Å². The fourth-order valence-corrected chi connectivity index (χ4v) is 2.57. The van der Waals surface area contributed by atoms with Crippen LogP contribution < -0.4 is 14.8 Å². The molecular formula is C16H17N3O5S. The molecule has 2 rings (SSSR count). The number of methoxy groups -OCH3 is 2. The van der Waals surface area contributed by atoms with Crippen molar-refractivity contribution in [1.82, 2.24) is 5.32 Å². The van der Waals surface area contributed by atoms with Gasteiger partial charge < -0.3 is 14.2 Å². The van der Waals surface area contributed by atoms with Crippen LogP contribution in [0.5, 0.6) is 11.5 Å². The fourth-order valence-electron chi connectivity index (χ4n) is 1.83. The lowest BCUT2D eigenvalue weighted by molar-refractivity contribution is -0.135. The molecule has 1 saturated heterocycles. The first-order valence-corrected chi connectivity index (χ1v) is 8.09. The second kappa shape index (κ2) is 8.88. The Labute approximate surface area is 148 Å². The van der Waals surface area contributed by atoms with E-state index in [0.717, 1.165) is 23.4 Å². The van der Waals surface area contributed by atoms with Crippen LogP contribution in [0, 0.1) is 0 Å². The van der Waals surface area contributed by atoms with Crippen LogP contribution in [0.4, 0.5) is 0 Å². The highest BCUT2D eigenvalue weighted by Gasteiger charge is 2.24. The van der Waals surface area contributed by atoms with E-state index in [9.17, 15) is 9.59 Å². The van der Waals surface area contributed by atoms with Crippen LogP contribution in [0.3, 0.4) is 0 Å². The molecule has 0 unspecified atom stereocenters. The summed E-state index contributed by atoms with van der Waals surface area (Å²) in [5, 5.41) is 10.6. The van der Waals surface area contributed by atoms with Crippen molar-refractivity contribution in [2.75, 3.05) is 20.8 Å². The molecule has 0 spiro atoms. The number of rotatable bonds is 6. The van der Waals surface area contributed by atoms with E-state index in [1.165, 1.54) is 13.3 Å². The van der Waals surface area contributed by atoms with Crippen molar-refractivity contribution in [3.05, 3.63) is 34.7 Å². The van der Waals surface area contributed by atoms with Crippen molar-refractivity contribution < 1.29 is 23.8 Å². The molecular weight excluding hydrogens is 346 g/mol. The average molecular weight is 363 g/mol. The number of carbonyl (C=O) groups is 2. The van der Waals surface area contributed by atoms with Gasteiger partial charge in [-0.05, 0) is 42.4 Å². The van der Waals surface area contributed by atoms with E-state index in [2.05, 4.69) is 20.3 Å². The van der Waals surface area contributed by atoms with E-state index in [1.54, 1.807) is 25.3 Å². The van der Waals surface area contributed by atoms with Crippen LogP contribution in [-0.4, -0.2) is 44.1 Å². The van der Waals surface area contributed by atoms with E-state index in [-0.39, 0.29) is 10.1 Å². The summed E-state index contributed by atoms with van der Waals surface area (Å²) in [7, 11) is 2.80. The van der Waals surface area contributed by atoms with Gasteiger partial charge in [0.15, 0.2) is 16.7 Å². The maximum absolute atomic E-state index is 11.7. The number of benzene rings is 1. The molecule has 0 atom stereocenters. The van der Waals surface area contributed by atoms with E-state index in [1.807, 2.05) is 6.92 Å². The Kier molecular flexibility index (Phi) is 6.58. The molecule has 1 N–H and O–H groups in total. The summed E-state index contributed by atoms with van der Waals surface area (Å²) in [6, 6.07) is 5.34. The molecule has 1 aromatic carbocycles. The molecule has 25 heavy (non-hydrogen) atoms. The normalized spacial score (nSPS) is 17.2. The molecule has 132 valence electrons. The van der Waals surface area contributed by atoms with Crippen molar-refractivity contribution in [3.63, 3.8) is 0 Å². The standard InChI is InChI=1S/C16H17N3O5S/c1-4-24-12-7-10(5-6-11(12)22-2)9-17-19-16-18-15(21)13(25-16)8-14(20)23-3/h5-9H,4H2,1-3H3,(H,18,19,21)/b13-8+,17-9?. The highest BCUT2D eigenvalue weighted by Crippen LogP contribution is 2.27. The Morgan fingerprint density at radius 3 is 2.80 bits per heavy atom. The highest BCUT2D eigenvalue weighted by atomic mass is 32.2. The second-order valence-corrected chi connectivity index (χ2v) is 5.61. The van der Waals surface area contributed by atoms with E-state index < -0.39 is 11.9 Å². The predicted octanol–water partition coefficient (Wildman–Crippen LogP) is 1.70. The Balaban J connectivity index is 2.09. The number of thioether (sulfide) groups is 1. The van der Waals surface area contributed by atoms with Crippen molar-refractivity contribution in [3.8, 4) is 11.5 Å². The first kappa shape index (κ1) is 18.5. The summed E-state index contributed by atoms with van der Waals surface area (Å²) < 4.78 is 15.2. The molecule has 1 aliphatic rings. The largest absolute Gasteiger partial charge is 0.493 e. The number of amidine groups is 1. The smallest absolute Gasteiger partial charge is 0.331 e. The third-order valence-corrected chi connectivity index (χ3v) is 3.84. The second-order valence-electron chi connectivity index (χ2n) is 4.58. The molecule has 1 amide bonds. The summed E-state index contributed by atoms with van der Waals surface area (Å²) in [5.74, 6) is 0.200. The van der Waals surface area contributed by atoms with Gasteiger partial charge in [-0.25, -0.2) is 4.79 Å². The number of ether oxygens (including phenoxy) is 3. The van der Waals surface area contributed by atoms with Gasteiger partial charge in [0.25, 0.3) is 5.91 Å². The molecule has 0 radical (unpaired) electrons. The molecule has 0 saturated carbocycles. The molecule has 1 heterocycles. The topological polar surface area (TPSA) is 98.6 Å². The zero-order chi connectivity index (χ0) is 18.2. The van der Waals surface area contributed by atoms with Crippen molar-refractivity contribution >= 4 is 35.0 Å². The number of nitrogens with one attached hydrogen (secondary N) is 1. The van der Waals surface area contributed by atoms with Gasteiger partial charge in [-0.2, -0.15) is 5.10 Å². The molecule has 8 nitrogen and oxygen atoms in total. The Bertz CT molecular complexity index is 758. The predicted molar refractivity (Wildman–Crippen MR) is 95.0 cm³/mol. The molecule has 0 aromatic heterocycles. The molecule has 1 fully saturated rings. The number of hydrogen-bond donors (Lipinski definition) is 1. The van der Waals surface area contributed by atoms with Gasteiger partial charge in [0, 0.05) is 6.08 Å². The summed E-state index contributed by atoms with van der Waals surface area (Å²) in [6.45, 7) is 2.39. The summed E-state index contributed by atoms with van der Waals surface area (Å²) in [4.78, 5) is 23.1. The number of carbonyl (C=O) groups excluding carboxylic acids is 2. The SMILES string of the molecule is CCOc1cc(C=N/N=C2/NC(=O)/C(=C\C(=O)OC)S2)ccc1OC. The third-order valence-electron chi connectivity index (χ3n) is 2.94. The molecule has 9 heteroatoms. The maximum atomic E-state index is 11.7. The van der Waals surface area contributed by atoms with Crippen LogP contribution in [0.1, 0.15) is 12.5 Å².